The van der Waals surface area contributed by atoms with Gasteiger partial charge < -0.3 is 14.5 Å². The van der Waals surface area contributed by atoms with Crippen molar-refractivity contribution in [3.63, 3.8) is 0 Å². The molecule has 3 heterocycles. The fourth-order valence-electron chi connectivity index (χ4n) is 5.08. The zero-order chi connectivity index (χ0) is 19.8. The van der Waals surface area contributed by atoms with E-state index in [1.165, 1.54) is 0 Å². The van der Waals surface area contributed by atoms with Crippen LogP contribution in [-0.4, -0.2) is 17.2 Å². The quantitative estimate of drug-likeness (QED) is 0.465. The lowest BCUT2D eigenvalue weighted by Gasteiger charge is -2.47. The van der Waals surface area contributed by atoms with Gasteiger partial charge in [0.05, 0.1) is 17.7 Å². The van der Waals surface area contributed by atoms with Crippen LogP contribution in [0.3, 0.4) is 0 Å². The lowest BCUT2D eigenvalue weighted by atomic mass is 9.69. The van der Waals surface area contributed by atoms with E-state index in [0.717, 1.165) is 27.6 Å². The van der Waals surface area contributed by atoms with E-state index in [9.17, 15) is 4.79 Å². The third kappa shape index (κ3) is 2.23. The minimum absolute atomic E-state index is 0.0376. The van der Waals surface area contributed by atoms with Crippen molar-refractivity contribution < 1.29 is 9.47 Å². The third-order valence-electron chi connectivity index (χ3n) is 6.54. The van der Waals surface area contributed by atoms with Crippen molar-refractivity contribution in [2.24, 2.45) is 5.92 Å². The van der Waals surface area contributed by atoms with Gasteiger partial charge >= 0.3 is 0 Å². The molecule has 0 saturated heterocycles. The molecule has 3 aromatic carbocycles. The molecule has 2 aliphatic heterocycles. The minimum Gasteiger partial charge on any atom is -0.493 e. The maximum atomic E-state index is 13.6. The van der Waals surface area contributed by atoms with Crippen LogP contribution in [0.4, 0.5) is 0 Å². The topological polar surface area (TPSA) is 51.3 Å². The number of para-hydroxylation sites is 1. The predicted molar refractivity (Wildman–Crippen MR) is 114 cm³/mol. The van der Waals surface area contributed by atoms with Crippen LogP contribution >= 0.6 is 0 Å². The molecule has 2 atom stereocenters. The molecule has 0 saturated carbocycles. The highest BCUT2D eigenvalue weighted by Gasteiger charge is 2.50. The molecule has 2 aliphatic rings. The Morgan fingerprint density at radius 3 is 2.55 bits per heavy atom. The summed E-state index contributed by atoms with van der Waals surface area (Å²) in [7, 11) is 0. The number of H-pyrrole nitrogens is 1. The van der Waals surface area contributed by atoms with E-state index in [-0.39, 0.29) is 17.3 Å². The number of fused-ring (bicyclic) bond motifs is 8. The number of hydrogen-bond donors (Lipinski definition) is 1. The zero-order valence-electron chi connectivity index (χ0n) is 16.4. The van der Waals surface area contributed by atoms with Crippen molar-refractivity contribution in [1.82, 2.24) is 4.98 Å². The summed E-state index contributed by atoms with van der Waals surface area (Å²) in [5.74, 6) is 1.40. The van der Waals surface area contributed by atoms with Gasteiger partial charge in [-0.3, -0.25) is 4.79 Å². The average molecular weight is 383 g/mol. The smallest absolute Gasteiger partial charge is 0.199 e. The Labute approximate surface area is 168 Å². The van der Waals surface area contributed by atoms with E-state index in [1.54, 1.807) is 0 Å². The highest BCUT2D eigenvalue weighted by Crippen LogP contribution is 2.53. The van der Waals surface area contributed by atoms with Gasteiger partial charge in [-0.15, -0.1) is 0 Å². The van der Waals surface area contributed by atoms with Gasteiger partial charge in [0.15, 0.2) is 11.3 Å². The van der Waals surface area contributed by atoms with Crippen LogP contribution in [0.2, 0.25) is 0 Å². The second kappa shape index (κ2) is 5.63. The van der Waals surface area contributed by atoms with E-state index in [2.05, 4.69) is 37.0 Å². The second-order valence-corrected chi connectivity index (χ2v) is 8.54. The van der Waals surface area contributed by atoms with Crippen molar-refractivity contribution in [1.29, 1.82) is 0 Å². The lowest BCUT2D eigenvalue weighted by molar-refractivity contribution is -0.0171. The van der Waals surface area contributed by atoms with Gasteiger partial charge in [0.25, 0.3) is 0 Å². The number of rotatable bonds is 0. The Kier molecular flexibility index (Phi) is 3.24. The van der Waals surface area contributed by atoms with E-state index in [4.69, 9.17) is 9.47 Å². The van der Waals surface area contributed by atoms with Gasteiger partial charge in [-0.25, -0.2) is 0 Å². The van der Waals surface area contributed by atoms with Gasteiger partial charge in [0.2, 0.25) is 0 Å². The fraction of sp³-hybridized carbons (Fsp3) is 0.240. The lowest BCUT2D eigenvalue weighted by Crippen LogP contribution is -2.51. The fourth-order valence-corrected chi connectivity index (χ4v) is 5.08. The molecule has 0 fully saturated rings. The number of pyridine rings is 1. The normalized spacial score (nSPS) is 21.6. The highest BCUT2D eigenvalue weighted by molar-refractivity contribution is 5.90. The van der Waals surface area contributed by atoms with Gasteiger partial charge in [-0.1, -0.05) is 42.5 Å². The van der Waals surface area contributed by atoms with Crippen LogP contribution in [0.15, 0.2) is 65.5 Å². The molecule has 0 bridgehead atoms. The molecule has 29 heavy (non-hydrogen) atoms. The van der Waals surface area contributed by atoms with Crippen LogP contribution in [0, 0.1) is 5.92 Å². The third-order valence-corrected chi connectivity index (χ3v) is 6.54. The van der Waals surface area contributed by atoms with Crippen molar-refractivity contribution in [2.45, 2.75) is 25.4 Å². The van der Waals surface area contributed by atoms with E-state index in [0.29, 0.717) is 23.4 Å². The Hall–Kier alpha value is -3.27. The molecule has 1 aromatic heterocycles. The number of benzene rings is 3. The number of hydrogen-bond acceptors (Lipinski definition) is 3. The molecule has 0 radical (unpaired) electrons. The van der Waals surface area contributed by atoms with Gasteiger partial charge in [0.1, 0.15) is 11.4 Å². The Morgan fingerprint density at radius 2 is 1.69 bits per heavy atom. The summed E-state index contributed by atoms with van der Waals surface area (Å²) in [5.41, 5.74) is 2.18. The molecule has 6 rings (SSSR count). The molecule has 0 amide bonds. The van der Waals surface area contributed by atoms with E-state index >= 15 is 0 Å². The number of aromatic nitrogens is 1. The van der Waals surface area contributed by atoms with Crippen LogP contribution in [-0.2, 0) is 0 Å². The first kappa shape index (κ1) is 16.7. The second-order valence-electron chi connectivity index (χ2n) is 8.54. The van der Waals surface area contributed by atoms with Crippen molar-refractivity contribution >= 4 is 21.7 Å². The highest BCUT2D eigenvalue weighted by atomic mass is 16.5. The maximum Gasteiger partial charge on any atom is 0.199 e. The van der Waals surface area contributed by atoms with Crippen molar-refractivity contribution in [3.8, 4) is 11.6 Å². The average Bonchev–Trinajstić information content (AvgIpc) is 2.72. The predicted octanol–water partition coefficient (Wildman–Crippen LogP) is 4.99. The van der Waals surface area contributed by atoms with Crippen LogP contribution in [0.1, 0.15) is 30.9 Å². The molecule has 1 N–H and O–H groups in total. The Morgan fingerprint density at radius 1 is 0.931 bits per heavy atom. The first-order valence-electron chi connectivity index (χ1n) is 10.0. The number of ether oxygens (including phenoxy) is 2. The molecule has 4 heteroatoms. The summed E-state index contributed by atoms with van der Waals surface area (Å²) in [6.07, 6.45) is 0. The monoisotopic (exact) mass is 383 g/mol. The van der Waals surface area contributed by atoms with Crippen LogP contribution in [0.5, 0.6) is 11.6 Å². The Bertz CT molecular complexity index is 1350. The first-order valence-corrected chi connectivity index (χ1v) is 10.0. The van der Waals surface area contributed by atoms with Crippen molar-refractivity contribution in [3.05, 3.63) is 82.0 Å². The van der Waals surface area contributed by atoms with Crippen molar-refractivity contribution in [2.75, 3.05) is 6.61 Å². The van der Waals surface area contributed by atoms with Crippen LogP contribution in [0.25, 0.3) is 21.7 Å². The van der Waals surface area contributed by atoms with Gasteiger partial charge in [-0.05, 0) is 42.8 Å². The standard InChI is InChI=1S/C25H21NO3/c1-25(2)17-13-28-19-12-11-14-7-3-4-8-15(14)20(19)21(17)22-23(27)16-9-5-6-10-18(16)26-24(22)29-25/h3-12,17,21H,13H2,1-2H3,(H,26,27). The molecule has 144 valence electrons. The molecule has 0 aliphatic carbocycles. The summed E-state index contributed by atoms with van der Waals surface area (Å²) in [4.78, 5) is 17.0. The molecular formula is C25H21NO3. The SMILES string of the molecule is CC1(C)Oc2[nH]c3ccccc3c(=O)c2C2c3c(ccc4ccccc34)OCC21. The van der Waals surface area contributed by atoms with E-state index in [1.807, 2.05) is 42.5 Å². The first-order chi connectivity index (χ1) is 14.0. The molecular weight excluding hydrogens is 362 g/mol. The molecule has 2 unspecified atom stereocenters. The minimum atomic E-state index is -0.475. The Balaban J connectivity index is 1.75. The summed E-state index contributed by atoms with van der Waals surface area (Å²) in [6, 6.07) is 20.1. The summed E-state index contributed by atoms with van der Waals surface area (Å²) < 4.78 is 12.6. The number of nitrogens with one attached hydrogen (secondary N) is 1. The summed E-state index contributed by atoms with van der Waals surface area (Å²) in [5, 5.41) is 2.98. The number of aromatic amines is 1. The zero-order valence-corrected chi connectivity index (χ0v) is 16.4. The molecule has 4 nitrogen and oxygen atoms in total. The molecule has 0 spiro atoms. The van der Waals surface area contributed by atoms with Gasteiger partial charge in [0, 0.05) is 22.8 Å². The maximum absolute atomic E-state index is 13.6. The van der Waals surface area contributed by atoms with Crippen LogP contribution < -0.4 is 14.9 Å². The summed E-state index contributed by atoms with van der Waals surface area (Å²) >= 11 is 0. The largest absolute Gasteiger partial charge is 0.493 e. The molecule has 4 aromatic rings. The van der Waals surface area contributed by atoms with E-state index < -0.39 is 5.60 Å². The summed E-state index contributed by atoms with van der Waals surface area (Å²) in [6.45, 7) is 4.69. The van der Waals surface area contributed by atoms with Gasteiger partial charge in [-0.2, -0.15) is 0 Å².